The van der Waals surface area contributed by atoms with Crippen molar-refractivity contribution in [2.75, 3.05) is 0 Å². The summed E-state index contributed by atoms with van der Waals surface area (Å²) in [6.45, 7) is 0. The van der Waals surface area contributed by atoms with Gasteiger partial charge in [-0.05, 0) is 0 Å². The minimum absolute atomic E-state index is 0.229. The molecular weight excluding hydrogens is 164 g/mol. The predicted molar refractivity (Wildman–Crippen MR) is 39.0 cm³/mol. The first-order valence-corrected chi connectivity index (χ1v) is 8.29. The van der Waals surface area contributed by atoms with Crippen molar-refractivity contribution in [3.63, 3.8) is 0 Å². The second-order valence-corrected chi connectivity index (χ2v) is 5.58. The standard InChI is InChI=1S/C4H8.CH3.BrH.Mg/c1-2-4-3-1;;;/h1-4H2;1H3;1H;/q;;;+1/p-1. The molecule has 0 unspecified atom stereocenters. The van der Waals surface area contributed by atoms with Crippen LogP contribution in [0.1, 0.15) is 25.7 Å². The average Bonchev–Trinajstić information content (AvgIpc) is 1.27. The van der Waals surface area contributed by atoms with Gasteiger partial charge in [0.15, 0.2) is 0 Å². The highest BCUT2D eigenvalue weighted by molar-refractivity contribution is 9.23. The molecule has 0 saturated heterocycles. The summed E-state index contributed by atoms with van der Waals surface area (Å²) in [7, 11) is 0. The van der Waals surface area contributed by atoms with Crippen LogP contribution >= 0.6 is 12.9 Å². The summed E-state index contributed by atoms with van der Waals surface area (Å²) in [6.07, 6.45) is 6.00. The first-order chi connectivity index (χ1) is 3.41. The molecular formula is C5H11BrMg. The second kappa shape index (κ2) is 7.25. The summed E-state index contributed by atoms with van der Waals surface area (Å²) in [4.78, 5) is 0. The molecule has 0 aromatic heterocycles. The van der Waals surface area contributed by atoms with Crippen molar-refractivity contribution in [3.05, 3.63) is 0 Å². The number of rotatable bonds is 0. The van der Waals surface area contributed by atoms with Crippen molar-refractivity contribution < 1.29 is 0 Å². The molecule has 1 rings (SSSR count). The van der Waals surface area contributed by atoms with E-state index in [2.05, 4.69) is 17.9 Å². The van der Waals surface area contributed by atoms with Crippen molar-refractivity contribution in [2.45, 2.75) is 30.7 Å². The Morgan fingerprint density at radius 3 is 1.29 bits per heavy atom. The summed E-state index contributed by atoms with van der Waals surface area (Å²) in [5.41, 5.74) is 0. The maximum absolute atomic E-state index is 3.28. The molecule has 40 valence electrons. The van der Waals surface area contributed by atoms with Gasteiger partial charge in [-0.1, -0.05) is 25.7 Å². The van der Waals surface area contributed by atoms with Crippen LogP contribution < -0.4 is 0 Å². The van der Waals surface area contributed by atoms with Crippen LogP contribution in [0.5, 0.6) is 0 Å². The van der Waals surface area contributed by atoms with Gasteiger partial charge in [-0.15, -0.1) is 5.05 Å². The van der Waals surface area contributed by atoms with Crippen LogP contribution in [-0.4, -0.2) is 18.2 Å². The van der Waals surface area contributed by atoms with E-state index in [0.717, 1.165) is 0 Å². The lowest BCUT2D eigenvalue weighted by Crippen LogP contribution is -1.85. The Morgan fingerprint density at radius 2 is 1.29 bits per heavy atom. The highest BCUT2D eigenvalue weighted by atomic mass is 79.9. The molecule has 0 aromatic rings. The molecule has 0 aromatic carbocycles. The molecule has 0 nitrogen and oxygen atoms in total. The molecule has 0 bridgehead atoms. The van der Waals surface area contributed by atoms with Gasteiger partial charge in [0.2, 0.25) is 0 Å². The maximum Gasteiger partial charge on any atom is 0.465 e. The van der Waals surface area contributed by atoms with Crippen LogP contribution in [0, 0.1) is 0 Å². The number of hydrogen-bond donors (Lipinski definition) is 0. The first kappa shape index (κ1) is 8.25. The van der Waals surface area contributed by atoms with Crippen molar-refractivity contribution in [1.82, 2.24) is 0 Å². The molecule has 1 saturated carbocycles. The molecule has 0 heterocycles. The van der Waals surface area contributed by atoms with Gasteiger partial charge in [0.25, 0.3) is 0 Å². The summed E-state index contributed by atoms with van der Waals surface area (Å²) in [5.74, 6) is 0. The van der Waals surface area contributed by atoms with Crippen LogP contribution in [0.3, 0.4) is 0 Å². The van der Waals surface area contributed by atoms with E-state index in [1.54, 1.807) is 0 Å². The van der Waals surface area contributed by atoms with Gasteiger partial charge in [-0.2, -0.15) is 0 Å². The molecule has 7 heavy (non-hydrogen) atoms. The zero-order chi connectivity index (χ0) is 5.54. The van der Waals surface area contributed by atoms with Gasteiger partial charge < -0.3 is 12.9 Å². The Labute approximate surface area is 61.7 Å². The monoisotopic (exact) mass is 174 g/mol. The van der Waals surface area contributed by atoms with Gasteiger partial charge in [-0.3, -0.25) is 0 Å². The second-order valence-electron chi connectivity index (χ2n) is 1.68. The smallest absolute Gasteiger partial charge is 0.307 e. The Balaban J connectivity index is 0.000000110. The Morgan fingerprint density at radius 1 is 1.14 bits per heavy atom. The van der Waals surface area contributed by atoms with Crippen LogP contribution in [0.15, 0.2) is 0 Å². The van der Waals surface area contributed by atoms with E-state index in [1.807, 2.05) is 0 Å². The predicted octanol–water partition coefficient (Wildman–Crippen LogP) is 2.61. The van der Waals surface area contributed by atoms with Crippen LogP contribution in [0.2, 0.25) is 5.05 Å². The average molecular weight is 175 g/mol. The zero-order valence-corrected chi connectivity index (χ0v) is 7.91. The molecule has 1 fully saturated rings. The third-order valence-electron chi connectivity index (χ3n) is 1.000. The Kier molecular flexibility index (Phi) is 8.54. The Hall–Kier alpha value is 1.25. The fourth-order valence-corrected chi connectivity index (χ4v) is 0.250. The minimum atomic E-state index is 0.229. The van der Waals surface area contributed by atoms with E-state index < -0.39 is 0 Å². The van der Waals surface area contributed by atoms with E-state index in [1.165, 1.54) is 25.7 Å². The molecule has 0 amide bonds. The third kappa shape index (κ3) is 7.25. The lowest BCUT2D eigenvalue weighted by molar-refractivity contribution is 0.504. The fraction of sp³-hybridized carbons (Fsp3) is 1.00. The van der Waals surface area contributed by atoms with Crippen molar-refractivity contribution in [1.29, 1.82) is 0 Å². The molecule has 0 radical (unpaired) electrons. The molecule has 0 atom stereocenters. The van der Waals surface area contributed by atoms with Crippen LogP contribution in [0.25, 0.3) is 0 Å². The van der Waals surface area contributed by atoms with Gasteiger partial charge in [0.1, 0.15) is 0 Å². The maximum atomic E-state index is 3.28. The highest BCUT2D eigenvalue weighted by Crippen LogP contribution is 2.15. The SMILES string of the molecule is C1CCC1.[CH3][Mg][Br]. The van der Waals surface area contributed by atoms with Gasteiger partial charge in [-0.25, -0.2) is 0 Å². The van der Waals surface area contributed by atoms with E-state index in [9.17, 15) is 0 Å². The molecule has 0 aliphatic heterocycles. The highest BCUT2D eigenvalue weighted by Gasteiger charge is 1.95. The summed E-state index contributed by atoms with van der Waals surface area (Å²) in [6, 6.07) is 0. The lowest BCUT2D eigenvalue weighted by Gasteiger charge is -2.05. The quantitative estimate of drug-likeness (QED) is 0.496. The summed E-state index contributed by atoms with van der Waals surface area (Å²) < 4.78 is 0. The van der Waals surface area contributed by atoms with Crippen molar-refractivity contribution in [3.8, 4) is 0 Å². The lowest BCUT2D eigenvalue weighted by atomic mass is 10.0. The molecule has 0 spiro atoms. The molecule has 0 N–H and O–H groups in total. The zero-order valence-electron chi connectivity index (χ0n) is 4.91. The van der Waals surface area contributed by atoms with Crippen molar-refractivity contribution in [2.24, 2.45) is 0 Å². The van der Waals surface area contributed by atoms with E-state index in [4.69, 9.17) is 0 Å². The van der Waals surface area contributed by atoms with E-state index >= 15 is 0 Å². The first-order valence-electron chi connectivity index (χ1n) is 2.97. The normalized spacial score (nSPS) is 15.1. The van der Waals surface area contributed by atoms with Crippen LogP contribution in [-0.2, 0) is 0 Å². The molecule has 2 heteroatoms. The largest absolute Gasteiger partial charge is 0.465 e. The Bertz CT molecular complexity index is 23.3. The van der Waals surface area contributed by atoms with Gasteiger partial charge >= 0.3 is 18.2 Å². The van der Waals surface area contributed by atoms with Crippen molar-refractivity contribution >= 4 is 31.1 Å². The molecule has 1 aliphatic carbocycles. The fourth-order valence-electron chi connectivity index (χ4n) is 0.250. The number of hydrogen-bond acceptors (Lipinski definition) is 0. The number of halogens is 1. The van der Waals surface area contributed by atoms with Gasteiger partial charge in [0.05, 0.1) is 0 Å². The third-order valence-corrected chi connectivity index (χ3v) is 1.000. The summed E-state index contributed by atoms with van der Waals surface area (Å²) >= 11 is 3.51. The van der Waals surface area contributed by atoms with E-state index in [-0.39, 0.29) is 18.2 Å². The topological polar surface area (TPSA) is 0 Å². The van der Waals surface area contributed by atoms with E-state index in [0.29, 0.717) is 0 Å². The van der Waals surface area contributed by atoms with Crippen LogP contribution in [0.4, 0.5) is 0 Å². The minimum Gasteiger partial charge on any atom is -0.307 e. The summed E-state index contributed by atoms with van der Waals surface area (Å²) in [5, 5.41) is 2.18. The van der Waals surface area contributed by atoms with Gasteiger partial charge in [0, 0.05) is 0 Å². The molecule has 1 aliphatic rings.